The van der Waals surface area contributed by atoms with Gasteiger partial charge in [0.2, 0.25) is 0 Å². The van der Waals surface area contributed by atoms with Crippen LogP contribution in [0.3, 0.4) is 0 Å². The van der Waals surface area contributed by atoms with Gasteiger partial charge in [-0.3, -0.25) is 4.90 Å². The molecule has 2 rings (SSSR count). The highest BCUT2D eigenvalue weighted by molar-refractivity contribution is 5.25. The Hall–Kier alpha value is -0.940. The first-order valence-electron chi connectivity index (χ1n) is 8.41. The molecule has 0 bridgehead atoms. The largest absolute Gasteiger partial charge is 0.382 e. The first kappa shape index (κ1) is 17.4. The maximum Gasteiger partial charge on any atom is 0.0700 e. The Morgan fingerprint density at radius 3 is 2.41 bits per heavy atom. The van der Waals surface area contributed by atoms with Crippen molar-refractivity contribution in [2.45, 2.75) is 31.2 Å². The van der Waals surface area contributed by atoms with Crippen molar-refractivity contribution in [1.82, 2.24) is 4.90 Å². The predicted molar refractivity (Wildman–Crippen MR) is 89.9 cm³/mol. The van der Waals surface area contributed by atoms with E-state index < -0.39 is 0 Å². The van der Waals surface area contributed by atoms with Crippen LogP contribution in [-0.4, -0.2) is 51.5 Å². The van der Waals surface area contributed by atoms with Crippen LogP contribution in [0.2, 0.25) is 0 Å². The van der Waals surface area contributed by atoms with Gasteiger partial charge in [0.15, 0.2) is 0 Å². The van der Waals surface area contributed by atoms with E-state index >= 15 is 0 Å². The number of nitrogens with two attached hydrogens (primary N) is 1. The Kier molecular flexibility index (Phi) is 7.33. The van der Waals surface area contributed by atoms with Crippen LogP contribution in [0.15, 0.2) is 30.3 Å². The summed E-state index contributed by atoms with van der Waals surface area (Å²) in [4.78, 5) is 2.57. The van der Waals surface area contributed by atoms with Gasteiger partial charge in [0.25, 0.3) is 0 Å². The second kappa shape index (κ2) is 9.26. The van der Waals surface area contributed by atoms with Crippen LogP contribution in [0.1, 0.15) is 31.2 Å². The number of piperidine rings is 1. The summed E-state index contributed by atoms with van der Waals surface area (Å²) >= 11 is 0. The lowest BCUT2D eigenvalue weighted by molar-refractivity contribution is 0.0146. The van der Waals surface area contributed by atoms with Crippen LogP contribution in [0.4, 0.5) is 0 Å². The van der Waals surface area contributed by atoms with Gasteiger partial charge in [-0.2, -0.15) is 0 Å². The van der Waals surface area contributed by atoms with Crippen LogP contribution in [0, 0.1) is 0 Å². The minimum absolute atomic E-state index is 0.102. The highest BCUT2D eigenvalue weighted by Crippen LogP contribution is 2.33. The van der Waals surface area contributed by atoms with Gasteiger partial charge in [0.1, 0.15) is 0 Å². The van der Waals surface area contributed by atoms with Gasteiger partial charge in [-0.05, 0) is 37.9 Å². The van der Waals surface area contributed by atoms with Crippen molar-refractivity contribution < 1.29 is 9.47 Å². The summed E-state index contributed by atoms with van der Waals surface area (Å²) in [6.07, 6.45) is 4.78. The van der Waals surface area contributed by atoms with E-state index in [0.717, 1.165) is 19.5 Å². The molecule has 0 spiro atoms. The molecule has 1 aromatic rings. The first-order valence-corrected chi connectivity index (χ1v) is 8.41. The molecule has 2 N–H and O–H groups in total. The summed E-state index contributed by atoms with van der Waals surface area (Å²) in [5.74, 6) is 0. The smallest absolute Gasteiger partial charge is 0.0700 e. The van der Waals surface area contributed by atoms with Gasteiger partial charge in [-0.25, -0.2) is 0 Å². The summed E-state index contributed by atoms with van der Waals surface area (Å²) in [5, 5.41) is 0. The SMILES string of the molecule is COCCOCCC(CN)(c1ccccc1)N1CCCCC1. The number of ether oxygens (including phenoxy) is 2. The fourth-order valence-corrected chi connectivity index (χ4v) is 3.39. The van der Waals surface area contributed by atoms with E-state index in [2.05, 4.69) is 35.2 Å². The Bertz CT molecular complexity index is 407. The molecule has 1 saturated heterocycles. The molecule has 124 valence electrons. The summed E-state index contributed by atoms with van der Waals surface area (Å²) in [5.41, 5.74) is 7.50. The molecule has 22 heavy (non-hydrogen) atoms. The number of hydrogen-bond donors (Lipinski definition) is 1. The Morgan fingerprint density at radius 1 is 1.05 bits per heavy atom. The molecule has 1 fully saturated rings. The van der Waals surface area contributed by atoms with E-state index in [1.807, 2.05) is 0 Å². The molecule has 1 heterocycles. The lowest BCUT2D eigenvalue weighted by Gasteiger charge is -2.46. The lowest BCUT2D eigenvalue weighted by Crippen LogP contribution is -2.53. The van der Waals surface area contributed by atoms with E-state index in [-0.39, 0.29) is 5.54 Å². The second-order valence-corrected chi connectivity index (χ2v) is 6.00. The minimum atomic E-state index is -0.102. The zero-order valence-corrected chi connectivity index (χ0v) is 13.8. The molecular formula is C18H30N2O2. The molecule has 4 heteroatoms. The van der Waals surface area contributed by atoms with Crippen LogP contribution < -0.4 is 5.73 Å². The van der Waals surface area contributed by atoms with E-state index in [1.54, 1.807) is 7.11 Å². The zero-order valence-electron chi connectivity index (χ0n) is 13.8. The molecule has 1 atom stereocenters. The van der Waals surface area contributed by atoms with Crippen LogP contribution >= 0.6 is 0 Å². The van der Waals surface area contributed by atoms with Gasteiger partial charge in [0.05, 0.1) is 18.8 Å². The normalized spacial score (nSPS) is 19.0. The molecule has 1 aliphatic rings. The quantitative estimate of drug-likeness (QED) is 0.712. The third-order valence-corrected chi connectivity index (χ3v) is 4.70. The fourth-order valence-electron chi connectivity index (χ4n) is 3.39. The van der Waals surface area contributed by atoms with Gasteiger partial charge in [-0.15, -0.1) is 0 Å². The summed E-state index contributed by atoms with van der Waals surface area (Å²) in [7, 11) is 1.70. The highest BCUT2D eigenvalue weighted by atomic mass is 16.5. The number of rotatable bonds is 9. The molecule has 1 aromatic carbocycles. The van der Waals surface area contributed by atoms with Crippen LogP contribution in [0.5, 0.6) is 0 Å². The van der Waals surface area contributed by atoms with Crippen molar-refractivity contribution in [3.05, 3.63) is 35.9 Å². The van der Waals surface area contributed by atoms with Gasteiger partial charge in [-0.1, -0.05) is 36.8 Å². The maximum absolute atomic E-state index is 6.29. The van der Waals surface area contributed by atoms with Crippen LogP contribution in [0.25, 0.3) is 0 Å². The van der Waals surface area contributed by atoms with Crippen molar-refractivity contribution in [2.75, 3.05) is 46.6 Å². The standard InChI is InChI=1S/C18H30N2O2/c1-21-14-15-22-13-10-18(16-19,17-8-4-2-5-9-17)20-11-6-3-7-12-20/h2,4-5,8-9H,3,6-7,10-16,19H2,1H3. The average molecular weight is 306 g/mol. The second-order valence-electron chi connectivity index (χ2n) is 6.00. The van der Waals surface area contributed by atoms with Gasteiger partial charge >= 0.3 is 0 Å². The summed E-state index contributed by atoms with van der Waals surface area (Å²) in [6.45, 7) is 4.89. The van der Waals surface area contributed by atoms with Crippen LogP contribution in [-0.2, 0) is 15.0 Å². The molecule has 0 amide bonds. The third kappa shape index (κ3) is 4.29. The monoisotopic (exact) mass is 306 g/mol. The predicted octanol–water partition coefficient (Wildman–Crippen LogP) is 2.38. The van der Waals surface area contributed by atoms with E-state index in [1.165, 1.54) is 24.8 Å². The van der Waals surface area contributed by atoms with E-state index in [0.29, 0.717) is 26.4 Å². The van der Waals surface area contributed by atoms with Gasteiger partial charge < -0.3 is 15.2 Å². The number of hydrogen-bond acceptors (Lipinski definition) is 4. The highest BCUT2D eigenvalue weighted by Gasteiger charge is 2.37. The van der Waals surface area contributed by atoms with Gasteiger partial charge in [0, 0.05) is 20.3 Å². The van der Waals surface area contributed by atoms with Crippen molar-refractivity contribution in [3.8, 4) is 0 Å². The Balaban J connectivity index is 2.11. The molecule has 0 saturated carbocycles. The maximum atomic E-state index is 6.29. The number of methoxy groups -OCH3 is 1. The lowest BCUT2D eigenvalue weighted by atomic mass is 9.83. The molecular weight excluding hydrogens is 276 g/mol. The molecule has 0 aliphatic carbocycles. The van der Waals surface area contributed by atoms with Crippen molar-refractivity contribution in [1.29, 1.82) is 0 Å². The van der Waals surface area contributed by atoms with Crippen molar-refractivity contribution in [2.24, 2.45) is 5.73 Å². The molecule has 0 radical (unpaired) electrons. The average Bonchev–Trinajstić information content (AvgIpc) is 2.60. The number of likely N-dealkylation sites (tertiary alicyclic amines) is 1. The minimum Gasteiger partial charge on any atom is -0.382 e. The van der Waals surface area contributed by atoms with Crippen molar-refractivity contribution in [3.63, 3.8) is 0 Å². The number of nitrogens with zero attached hydrogens (tertiary/aromatic N) is 1. The zero-order chi connectivity index (χ0) is 15.7. The van der Waals surface area contributed by atoms with E-state index in [4.69, 9.17) is 15.2 Å². The first-order chi connectivity index (χ1) is 10.8. The summed E-state index contributed by atoms with van der Waals surface area (Å²) in [6, 6.07) is 10.7. The summed E-state index contributed by atoms with van der Waals surface area (Å²) < 4.78 is 10.8. The van der Waals surface area contributed by atoms with E-state index in [9.17, 15) is 0 Å². The fraction of sp³-hybridized carbons (Fsp3) is 0.667. The molecule has 1 aliphatic heterocycles. The third-order valence-electron chi connectivity index (χ3n) is 4.70. The molecule has 0 aromatic heterocycles. The topological polar surface area (TPSA) is 47.7 Å². The van der Waals surface area contributed by atoms with Crippen molar-refractivity contribution >= 4 is 0 Å². The molecule has 4 nitrogen and oxygen atoms in total. The Morgan fingerprint density at radius 2 is 1.77 bits per heavy atom. The number of benzene rings is 1. The Labute approximate surface area is 134 Å². The molecule has 1 unspecified atom stereocenters.